The number of hydrogen-bond donors (Lipinski definition) is 0. The van der Waals surface area contributed by atoms with Crippen LogP contribution >= 0.6 is 22.9 Å². The monoisotopic (exact) mass is 305 g/mol. The fourth-order valence-electron chi connectivity index (χ4n) is 2.59. The SMILES string of the molecule is C[C@@H](C(=O)N1CC[C@@H]1c1ccc(Cl)cc1)c1cccs1. The molecule has 1 saturated heterocycles. The summed E-state index contributed by atoms with van der Waals surface area (Å²) in [4.78, 5) is 15.7. The molecule has 1 aliphatic rings. The molecule has 0 radical (unpaired) electrons. The maximum Gasteiger partial charge on any atom is 0.231 e. The molecule has 1 aromatic heterocycles. The predicted molar refractivity (Wildman–Crippen MR) is 83.3 cm³/mol. The van der Waals surface area contributed by atoms with E-state index in [9.17, 15) is 4.79 Å². The highest BCUT2D eigenvalue weighted by Gasteiger charge is 2.35. The number of thiophene rings is 1. The van der Waals surface area contributed by atoms with Crippen LogP contribution < -0.4 is 0 Å². The van der Waals surface area contributed by atoms with Crippen LogP contribution in [0.15, 0.2) is 41.8 Å². The van der Waals surface area contributed by atoms with Gasteiger partial charge in [-0.3, -0.25) is 4.79 Å². The van der Waals surface area contributed by atoms with Crippen molar-refractivity contribution in [3.05, 3.63) is 57.2 Å². The van der Waals surface area contributed by atoms with Gasteiger partial charge in [-0.15, -0.1) is 11.3 Å². The standard InChI is InChI=1S/C16H16ClNOS/c1-11(15-3-2-10-20-15)16(19)18-9-8-14(18)12-4-6-13(17)7-5-12/h2-7,10-11,14H,8-9H2,1H3/t11-,14-/m1/s1. The molecule has 104 valence electrons. The molecule has 1 amide bonds. The van der Waals surface area contributed by atoms with Crippen molar-refractivity contribution < 1.29 is 4.79 Å². The molecule has 3 rings (SSSR count). The van der Waals surface area contributed by atoms with Crippen molar-refractivity contribution in [2.75, 3.05) is 6.54 Å². The Balaban J connectivity index is 1.74. The normalized spacial score (nSPS) is 19.5. The Morgan fingerprint density at radius 3 is 2.65 bits per heavy atom. The third kappa shape index (κ3) is 2.48. The molecule has 0 saturated carbocycles. The summed E-state index contributed by atoms with van der Waals surface area (Å²) in [7, 11) is 0. The van der Waals surface area contributed by atoms with Gasteiger partial charge in [-0.2, -0.15) is 0 Å². The van der Waals surface area contributed by atoms with Crippen molar-refractivity contribution in [1.29, 1.82) is 0 Å². The number of halogens is 1. The first-order chi connectivity index (χ1) is 9.66. The summed E-state index contributed by atoms with van der Waals surface area (Å²) >= 11 is 7.56. The highest BCUT2D eigenvalue weighted by Crippen LogP contribution is 2.36. The van der Waals surface area contributed by atoms with Gasteiger partial charge in [-0.05, 0) is 42.5 Å². The summed E-state index contributed by atoms with van der Waals surface area (Å²) in [6.07, 6.45) is 1.03. The maximum absolute atomic E-state index is 12.6. The van der Waals surface area contributed by atoms with Crippen molar-refractivity contribution in [3.63, 3.8) is 0 Å². The van der Waals surface area contributed by atoms with E-state index in [4.69, 9.17) is 11.6 Å². The number of benzene rings is 1. The molecule has 1 fully saturated rings. The van der Waals surface area contributed by atoms with Gasteiger partial charge < -0.3 is 4.90 Å². The second-order valence-corrected chi connectivity index (χ2v) is 6.54. The Morgan fingerprint density at radius 1 is 1.35 bits per heavy atom. The van der Waals surface area contributed by atoms with Crippen molar-refractivity contribution in [2.24, 2.45) is 0 Å². The number of likely N-dealkylation sites (tertiary alicyclic amines) is 1. The van der Waals surface area contributed by atoms with Crippen LogP contribution in [0.4, 0.5) is 0 Å². The van der Waals surface area contributed by atoms with E-state index in [1.165, 1.54) is 5.56 Å². The molecular weight excluding hydrogens is 290 g/mol. The van der Waals surface area contributed by atoms with E-state index in [2.05, 4.69) is 0 Å². The smallest absolute Gasteiger partial charge is 0.231 e. The van der Waals surface area contributed by atoms with E-state index in [1.54, 1.807) is 11.3 Å². The lowest BCUT2D eigenvalue weighted by Gasteiger charge is -2.42. The molecule has 2 atom stereocenters. The van der Waals surface area contributed by atoms with Crippen LogP contribution in [-0.2, 0) is 4.79 Å². The molecule has 4 heteroatoms. The Kier molecular flexibility index (Phi) is 3.81. The lowest BCUT2D eigenvalue weighted by Crippen LogP contribution is -2.46. The Morgan fingerprint density at radius 2 is 2.10 bits per heavy atom. The molecule has 0 spiro atoms. The van der Waals surface area contributed by atoms with Gasteiger partial charge in [0.15, 0.2) is 0 Å². The van der Waals surface area contributed by atoms with Crippen molar-refractivity contribution in [2.45, 2.75) is 25.3 Å². The molecule has 2 nitrogen and oxygen atoms in total. The van der Waals surface area contributed by atoms with E-state index < -0.39 is 0 Å². The zero-order valence-electron chi connectivity index (χ0n) is 11.3. The van der Waals surface area contributed by atoms with Crippen LogP contribution in [0.2, 0.25) is 5.02 Å². The highest BCUT2D eigenvalue weighted by atomic mass is 35.5. The summed E-state index contributed by atoms with van der Waals surface area (Å²) in [6, 6.07) is 12.1. The van der Waals surface area contributed by atoms with Gasteiger partial charge in [0.25, 0.3) is 0 Å². The Hall–Kier alpha value is -1.32. The minimum absolute atomic E-state index is 0.0508. The summed E-state index contributed by atoms with van der Waals surface area (Å²) < 4.78 is 0. The lowest BCUT2D eigenvalue weighted by atomic mass is 9.92. The molecular formula is C16H16ClNOS. The first-order valence-corrected chi connectivity index (χ1v) is 8.02. The quantitative estimate of drug-likeness (QED) is 0.819. The topological polar surface area (TPSA) is 20.3 Å². The summed E-state index contributed by atoms with van der Waals surface area (Å²) in [5.74, 6) is 0.170. The number of carbonyl (C=O) groups is 1. The van der Waals surface area contributed by atoms with Gasteiger partial charge in [0.2, 0.25) is 5.91 Å². The van der Waals surface area contributed by atoms with Gasteiger partial charge in [0.1, 0.15) is 0 Å². The second-order valence-electron chi connectivity index (χ2n) is 5.12. The molecule has 2 aromatic rings. The molecule has 2 heterocycles. The van der Waals surface area contributed by atoms with Crippen LogP contribution in [0.3, 0.4) is 0 Å². The average molecular weight is 306 g/mol. The van der Waals surface area contributed by atoms with Crippen LogP contribution in [0.1, 0.15) is 35.7 Å². The van der Waals surface area contributed by atoms with Crippen molar-refractivity contribution >= 4 is 28.8 Å². The first kappa shape index (κ1) is 13.7. The third-order valence-electron chi connectivity index (χ3n) is 3.90. The number of hydrogen-bond acceptors (Lipinski definition) is 2. The highest BCUT2D eigenvalue weighted by molar-refractivity contribution is 7.10. The molecule has 1 aliphatic heterocycles. The third-order valence-corrected chi connectivity index (χ3v) is 5.20. The molecule has 0 N–H and O–H groups in total. The van der Waals surface area contributed by atoms with Crippen molar-refractivity contribution in [3.8, 4) is 0 Å². The van der Waals surface area contributed by atoms with Crippen LogP contribution in [0.25, 0.3) is 0 Å². The van der Waals surface area contributed by atoms with Crippen LogP contribution in [0.5, 0.6) is 0 Å². The molecule has 0 unspecified atom stereocenters. The summed E-state index contributed by atoms with van der Waals surface area (Å²) in [5.41, 5.74) is 1.17. The maximum atomic E-state index is 12.6. The number of rotatable bonds is 3. The molecule has 20 heavy (non-hydrogen) atoms. The molecule has 0 bridgehead atoms. The second kappa shape index (κ2) is 5.58. The van der Waals surface area contributed by atoms with E-state index in [-0.39, 0.29) is 17.9 Å². The van der Waals surface area contributed by atoms with E-state index in [0.29, 0.717) is 0 Å². The van der Waals surface area contributed by atoms with Gasteiger partial charge in [-0.25, -0.2) is 0 Å². The van der Waals surface area contributed by atoms with E-state index in [0.717, 1.165) is 22.9 Å². The molecule has 0 aliphatic carbocycles. The number of amides is 1. The predicted octanol–water partition coefficient (Wildman–Crippen LogP) is 4.48. The number of nitrogens with zero attached hydrogens (tertiary/aromatic N) is 1. The molecule has 1 aromatic carbocycles. The fraction of sp³-hybridized carbons (Fsp3) is 0.312. The summed E-state index contributed by atoms with van der Waals surface area (Å²) in [6.45, 7) is 2.84. The van der Waals surface area contributed by atoms with Crippen molar-refractivity contribution in [1.82, 2.24) is 4.90 Å². The van der Waals surface area contributed by atoms with Crippen LogP contribution in [-0.4, -0.2) is 17.4 Å². The minimum Gasteiger partial charge on any atom is -0.335 e. The zero-order valence-corrected chi connectivity index (χ0v) is 12.8. The number of carbonyl (C=O) groups excluding carboxylic acids is 1. The Bertz CT molecular complexity index is 593. The fourth-order valence-corrected chi connectivity index (χ4v) is 3.49. The van der Waals surface area contributed by atoms with Gasteiger partial charge >= 0.3 is 0 Å². The van der Waals surface area contributed by atoms with Gasteiger partial charge in [0.05, 0.1) is 12.0 Å². The first-order valence-electron chi connectivity index (χ1n) is 6.76. The van der Waals surface area contributed by atoms with Gasteiger partial charge in [-0.1, -0.05) is 29.8 Å². The lowest BCUT2D eigenvalue weighted by molar-refractivity contribution is -0.140. The zero-order chi connectivity index (χ0) is 14.1. The van der Waals surface area contributed by atoms with Crippen LogP contribution in [0, 0.1) is 0 Å². The minimum atomic E-state index is -0.0508. The average Bonchev–Trinajstić information content (AvgIpc) is 2.93. The van der Waals surface area contributed by atoms with E-state index >= 15 is 0 Å². The Labute approximate surface area is 128 Å². The van der Waals surface area contributed by atoms with E-state index in [1.807, 2.05) is 53.6 Å². The van der Waals surface area contributed by atoms with Gasteiger partial charge in [0, 0.05) is 16.4 Å². The summed E-state index contributed by atoms with van der Waals surface area (Å²) in [5, 5.41) is 2.75. The largest absolute Gasteiger partial charge is 0.335 e.